The molecule has 0 fully saturated rings. The van der Waals surface area contributed by atoms with Gasteiger partial charge in [-0.25, -0.2) is 4.79 Å². The number of carbonyl (C=O) groups is 3. The molecule has 0 aliphatic heterocycles. The van der Waals surface area contributed by atoms with Crippen molar-refractivity contribution < 1.29 is 42.9 Å². The number of allylic oxidation sites excluding steroid dienone is 24. The monoisotopic (exact) mass is 1320 g/mol. The van der Waals surface area contributed by atoms with Crippen LogP contribution in [-0.4, -0.2) is 87.4 Å². The lowest BCUT2D eigenvalue weighted by Gasteiger charge is -2.25. The van der Waals surface area contributed by atoms with Crippen molar-refractivity contribution in [3.05, 3.63) is 146 Å². The van der Waals surface area contributed by atoms with Gasteiger partial charge in [-0.15, -0.1) is 0 Å². The minimum absolute atomic E-state index is 0.183. The van der Waals surface area contributed by atoms with Crippen molar-refractivity contribution in [2.24, 2.45) is 0 Å². The summed E-state index contributed by atoms with van der Waals surface area (Å²) in [7, 11) is 5.98. The van der Waals surface area contributed by atoms with E-state index in [4.69, 9.17) is 18.9 Å². The summed E-state index contributed by atoms with van der Waals surface area (Å²) in [6.45, 7) is 4.67. The number of unbranched alkanes of at least 4 members (excludes halogenated alkanes) is 32. The van der Waals surface area contributed by atoms with Crippen LogP contribution in [0.4, 0.5) is 0 Å². The molecule has 0 saturated heterocycles. The maximum Gasteiger partial charge on any atom is 0.361 e. The van der Waals surface area contributed by atoms with Gasteiger partial charge in [0.15, 0.2) is 6.10 Å². The molecular formula is C86H146NO8+. The number of rotatable bonds is 71. The Hall–Kier alpha value is -4.83. The van der Waals surface area contributed by atoms with E-state index in [1.165, 1.54) is 173 Å². The number of aliphatic carboxylic acids is 1. The van der Waals surface area contributed by atoms with Gasteiger partial charge in [0.1, 0.15) is 13.2 Å². The molecule has 0 heterocycles. The molecule has 0 aliphatic rings. The Morgan fingerprint density at radius 2 is 0.568 bits per heavy atom. The van der Waals surface area contributed by atoms with Crippen LogP contribution >= 0.6 is 0 Å². The predicted octanol–water partition coefficient (Wildman–Crippen LogP) is 25.0. The summed E-state index contributed by atoms with van der Waals surface area (Å²) in [5.41, 5.74) is 0. The van der Waals surface area contributed by atoms with E-state index in [0.29, 0.717) is 23.9 Å². The molecule has 0 spiro atoms. The van der Waals surface area contributed by atoms with Crippen molar-refractivity contribution in [2.45, 2.75) is 334 Å². The van der Waals surface area contributed by atoms with Crippen LogP contribution in [0.5, 0.6) is 0 Å². The Labute approximate surface area is 585 Å². The molecule has 542 valence electrons. The molecule has 0 amide bonds. The van der Waals surface area contributed by atoms with E-state index in [9.17, 15) is 19.5 Å². The van der Waals surface area contributed by atoms with Crippen LogP contribution < -0.4 is 0 Å². The summed E-state index contributed by atoms with van der Waals surface area (Å²) in [5, 5.41) is 9.77. The second kappa shape index (κ2) is 75.0. The maximum atomic E-state index is 13.0. The Kier molecular flexibility index (Phi) is 71.1. The van der Waals surface area contributed by atoms with Gasteiger partial charge < -0.3 is 28.5 Å². The van der Waals surface area contributed by atoms with Gasteiger partial charge in [-0.2, -0.15) is 0 Å². The van der Waals surface area contributed by atoms with Crippen molar-refractivity contribution in [1.29, 1.82) is 0 Å². The first-order valence-corrected chi connectivity index (χ1v) is 39.0. The molecule has 0 aromatic rings. The van der Waals surface area contributed by atoms with E-state index in [-0.39, 0.29) is 32.2 Å². The van der Waals surface area contributed by atoms with E-state index < -0.39 is 24.3 Å². The number of esters is 2. The minimum Gasteiger partial charge on any atom is -0.477 e. The lowest BCUT2D eigenvalue weighted by molar-refractivity contribution is -0.870. The van der Waals surface area contributed by atoms with E-state index in [1.807, 2.05) is 21.1 Å². The van der Waals surface area contributed by atoms with Gasteiger partial charge in [0, 0.05) is 12.8 Å². The Morgan fingerprint density at radius 3 is 0.842 bits per heavy atom. The first-order chi connectivity index (χ1) is 46.6. The second-order valence-electron chi connectivity index (χ2n) is 26.9. The van der Waals surface area contributed by atoms with Crippen LogP contribution in [0.15, 0.2) is 146 Å². The van der Waals surface area contributed by atoms with Crippen LogP contribution in [0.25, 0.3) is 0 Å². The first-order valence-electron chi connectivity index (χ1n) is 39.0. The third kappa shape index (κ3) is 76.4. The molecular weight excluding hydrogens is 1170 g/mol. The van der Waals surface area contributed by atoms with E-state index in [0.717, 1.165) is 116 Å². The van der Waals surface area contributed by atoms with E-state index >= 15 is 0 Å². The topological polar surface area (TPSA) is 108 Å². The highest BCUT2D eigenvalue weighted by Crippen LogP contribution is 2.18. The number of hydrogen-bond donors (Lipinski definition) is 1. The Bertz CT molecular complexity index is 2080. The number of hydrogen-bond acceptors (Lipinski definition) is 7. The summed E-state index contributed by atoms with van der Waals surface area (Å²) in [4.78, 5) is 37.7. The number of ether oxygens (including phenoxy) is 4. The highest BCUT2D eigenvalue weighted by Gasteiger charge is 2.25. The zero-order valence-corrected chi connectivity index (χ0v) is 62.0. The van der Waals surface area contributed by atoms with Crippen molar-refractivity contribution in [2.75, 3.05) is 47.5 Å². The Balaban J connectivity index is 4.06. The van der Waals surface area contributed by atoms with E-state index in [2.05, 4.69) is 160 Å². The first kappa shape index (κ1) is 90.2. The summed E-state index contributed by atoms with van der Waals surface area (Å²) < 4.78 is 23.0. The molecule has 2 unspecified atom stereocenters. The Morgan fingerprint density at radius 1 is 0.316 bits per heavy atom. The smallest absolute Gasteiger partial charge is 0.361 e. The summed E-state index contributed by atoms with van der Waals surface area (Å²) >= 11 is 0. The fraction of sp³-hybridized carbons (Fsp3) is 0.686. The molecule has 9 heteroatoms. The maximum absolute atomic E-state index is 13.0. The van der Waals surface area contributed by atoms with Crippen molar-refractivity contribution in [1.82, 2.24) is 0 Å². The normalized spacial score (nSPS) is 13.5. The number of likely N-dealkylation sites (N-methyl/N-ethyl adjacent to an activating group) is 1. The quantitative estimate of drug-likeness (QED) is 0.0211. The molecule has 0 aromatic heterocycles. The van der Waals surface area contributed by atoms with Gasteiger partial charge in [-0.05, 0) is 116 Å². The molecule has 0 bridgehead atoms. The van der Waals surface area contributed by atoms with Crippen molar-refractivity contribution >= 4 is 17.9 Å². The predicted molar refractivity (Wildman–Crippen MR) is 410 cm³/mol. The van der Waals surface area contributed by atoms with Gasteiger partial charge >= 0.3 is 17.9 Å². The second-order valence-corrected chi connectivity index (χ2v) is 26.9. The fourth-order valence-electron chi connectivity index (χ4n) is 10.7. The molecule has 0 aliphatic carbocycles. The molecule has 0 saturated carbocycles. The number of carbonyl (C=O) groups excluding carboxylic acids is 2. The van der Waals surface area contributed by atoms with Crippen LogP contribution in [0.2, 0.25) is 0 Å². The molecule has 0 aromatic carbocycles. The van der Waals surface area contributed by atoms with Crippen LogP contribution in [0.3, 0.4) is 0 Å². The molecule has 1 N–H and O–H groups in total. The minimum atomic E-state index is -1.52. The number of carboxylic acid groups (broad SMARTS) is 1. The van der Waals surface area contributed by atoms with Gasteiger partial charge in [-0.3, -0.25) is 9.59 Å². The number of nitrogens with zero attached hydrogens (tertiary/aromatic N) is 1. The third-order valence-corrected chi connectivity index (χ3v) is 16.6. The lowest BCUT2D eigenvalue weighted by atomic mass is 10.0. The molecule has 0 radical (unpaired) electrons. The van der Waals surface area contributed by atoms with Gasteiger partial charge in [0.25, 0.3) is 6.29 Å². The zero-order valence-electron chi connectivity index (χ0n) is 62.0. The largest absolute Gasteiger partial charge is 0.477 e. The SMILES string of the molecule is CC/C=C\C/C=C\C/C=C\C/C=C\C/C=C\C/C=C\C/C=C\CCCCCCCCCCCCCCCC(=O)OC(COC(=O)CCCCCCCCCCCCCCCCCCCCC/C=C\C/C=C\C/C=C\C/C=C\C/C=C\CC)COC(OCC[N+](C)(C)C)C(=O)O. The van der Waals surface area contributed by atoms with Crippen molar-refractivity contribution in [3.8, 4) is 0 Å². The number of carboxylic acids is 1. The standard InChI is InChI=1S/C86H145NO8/c1-6-8-10-12-14-16-18-20-22-24-26-28-30-32-34-36-38-40-42-44-46-48-50-52-54-56-58-60-62-64-66-68-70-72-74-76-83(88)93-80-82(81-94-86(85(90)91)92-79-78-87(3,4)5)95-84(89)77-75-73-71-69-67-65-63-61-59-57-55-53-51-49-47-45-43-41-39-37-35-33-31-29-27-25-23-21-19-17-15-13-11-9-7-2/h8-11,14-17,20-23,26-29,32-35,39,41,45,47,82,86H,6-7,12-13,18-19,24-25,30-31,36-38,40,42-44,46,48-81H2,1-5H3/p+1/b10-8-,11-9-,16-14-,17-15-,22-20-,23-21-,28-26-,29-27-,34-32-,35-33-,41-39-,47-45-. The van der Waals surface area contributed by atoms with Crippen LogP contribution in [0.1, 0.15) is 322 Å². The molecule has 95 heavy (non-hydrogen) atoms. The van der Waals surface area contributed by atoms with Crippen molar-refractivity contribution in [3.63, 3.8) is 0 Å². The molecule has 2 atom stereocenters. The molecule has 0 rings (SSSR count). The fourth-order valence-corrected chi connectivity index (χ4v) is 10.7. The van der Waals surface area contributed by atoms with E-state index in [1.54, 1.807) is 0 Å². The van der Waals surface area contributed by atoms with Crippen LogP contribution in [-0.2, 0) is 33.3 Å². The highest BCUT2D eigenvalue weighted by molar-refractivity contribution is 5.71. The zero-order chi connectivity index (χ0) is 69.0. The summed E-state index contributed by atoms with van der Waals surface area (Å²) in [5.74, 6) is -2.00. The molecule has 9 nitrogen and oxygen atoms in total. The summed E-state index contributed by atoms with van der Waals surface area (Å²) in [6.07, 6.45) is 107. The van der Waals surface area contributed by atoms with Gasteiger partial charge in [-0.1, -0.05) is 339 Å². The highest BCUT2D eigenvalue weighted by atomic mass is 16.7. The van der Waals surface area contributed by atoms with Gasteiger partial charge in [0.2, 0.25) is 0 Å². The lowest BCUT2D eigenvalue weighted by Crippen LogP contribution is -2.40. The average Bonchev–Trinajstić information content (AvgIpc) is 3.58. The summed E-state index contributed by atoms with van der Waals surface area (Å²) in [6, 6.07) is 0. The van der Waals surface area contributed by atoms with Crippen LogP contribution in [0, 0.1) is 0 Å². The number of quaternary nitrogens is 1. The average molecular weight is 1320 g/mol. The van der Waals surface area contributed by atoms with Gasteiger partial charge in [0.05, 0.1) is 34.4 Å². The third-order valence-electron chi connectivity index (χ3n) is 16.6.